The zero-order valence-corrected chi connectivity index (χ0v) is 14.0. The van der Waals surface area contributed by atoms with E-state index in [0.29, 0.717) is 0 Å². The fraction of sp³-hybridized carbons (Fsp3) is 0.600. The molecule has 0 aliphatic carbocycles. The van der Waals surface area contributed by atoms with E-state index in [1.807, 2.05) is 19.9 Å². The zero-order valence-electron chi connectivity index (χ0n) is 12.4. The van der Waals surface area contributed by atoms with Crippen LogP contribution in [0.3, 0.4) is 0 Å². The predicted octanol–water partition coefficient (Wildman–Crippen LogP) is 2.87. The molecule has 0 radical (unpaired) electrons. The Labute approximate surface area is 136 Å². The Bertz CT molecular complexity index is 465. The van der Waals surface area contributed by atoms with E-state index in [-0.39, 0.29) is 35.5 Å². The van der Waals surface area contributed by atoms with Crippen molar-refractivity contribution in [3.05, 3.63) is 34.6 Å². The molecule has 0 unspecified atom stereocenters. The number of aliphatic hydroxyl groups excluding tert-OH is 1. The Kier molecular flexibility index (Phi) is 6.88. The van der Waals surface area contributed by atoms with Crippen molar-refractivity contribution in [3.63, 3.8) is 0 Å². The minimum absolute atomic E-state index is 0. The van der Waals surface area contributed by atoms with Crippen LogP contribution in [0.15, 0.2) is 18.2 Å². The average Bonchev–Trinajstić information content (AvgIpc) is 2.44. The number of rotatable bonds is 4. The summed E-state index contributed by atoms with van der Waals surface area (Å²) in [6, 6.07) is 4.91. The molecule has 1 aliphatic heterocycles. The number of nitrogens with one attached hydrogen (secondary N) is 1. The van der Waals surface area contributed by atoms with Gasteiger partial charge in [-0.3, -0.25) is 4.90 Å². The first-order valence-electron chi connectivity index (χ1n) is 6.96. The molecule has 1 aromatic carbocycles. The van der Waals surface area contributed by atoms with Crippen LogP contribution >= 0.6 is 24.0 Å². The maximum Gasteiger partial charge on any atom is 0.142 e. The van der Waals surface area contributed by atoms with Gasteiger partial charge in [-0.05, 0) is 17.7 Å². The van der Waals surface area contributed by atoms with Gasteiger partial charge in [-0.15, -0.1) is 12.4 Å². The Balaban J connectivity index is 0.00000220. The molecule has 2 rings (SSSR count). The first-order valence-corrected chi connectivity index (χ1v) is 7.34. The lowest BCUT2D eigenvalue weighted by Crippen LogP contribution is -2.49. The van der Waals surface area contributed by atoms with Crippen LogP contribution in [-0.2, 0) is 0 Å². The van der Waals surface area contributed by atoms with Crippen molar-refractivity contribution < 1.29 is 9.50 Å². The van der Waals surface area contributed by atoms with Crippen LogP contribution in [0.25, 0.3) is 0 Å². The number of hydrogen-bond donors (Lipinski definition) is 2. The Morgan fingerprint density at radius 2 is 2.00 bits per heavy atom. The molecule has 0 spiro atoms. The second kappa shape index (κ2) is 7.75. The summed E-state index contributed by atoms with van der Waals surface area (Å²) >= 11 is 5.77. The van der Waals surface area contributed by atoms with Crippen LogP contribution in [0.4, 0.5) is 4.39 Å². The molecular formula is C15H23Cl2FN2O. The maximum atomic E-state index is 13.8. The third kappa shape index (κ3) is 4.30. The summed E-state index contributed by atoms with van der Waals surface area (Å²) in [5, 5.41) is 13.2. The summed E-state index contributed by atoms with van der Waals surface area (Å²) in [7, 11) is 0. The lowest BCUT2D eigenvalue weighted by molar-refractivity contribution is 0.0304. The van der Waals surface area contributed by atoms with Crippen molar-refractivity contribution in [2.24, 2.45) is 5.41 Å². The van der Waals surface area contributed by atoms with E-state index in [0.717, 1.165) is 31.7 Å². The molecule has 0 amide bonds. The SMILES string of the molecule is CC(C)(CO)[C@H](c1ccc(Cl)c(F)c1)N1CCNCC1.Cl. The molecule has 0 bridgehead atoms. The standard InChI is InChI=1S/C15H22ClFN2O.ClH/c1-15(2,10-20)14(19-7-5-18-6-8-19)11-3-4-12(16)13(17)9-11;/h3-4,9,14,18,20H,5-8,10H2,1-2H3;1H/t14-;/m0./s1. The van der Waals surface area contributed by atoms with Crippen LogP contribution in [-0.4, -0.2) is 42.8 Å². The number of piperazine rings is 1. The van der Waals surface area contributed by atoms with Gasteiger partial charge in [0.1, 0.15) is 5.82 Å². The largest absolute Gasteiger partial charge is 0.396 e. The number of nitrogens with zero attached hydrogens (tertiary/aromatic N) is 1. The van der Waals surface area contributed by atoms with Crippen LogP contribution < -0.4 is 5.32 Å². The minimum Gasteiger partial charge on any atom is -0.396 e. The molecule has 1 fully saturated rings. The highest BCUT2D eigenvalue weighted by atomic mass is 35.5. The zero-order chi connectivity index (χ0) is 14.8. The van der Waals surface area contributed by atoms with Gasteiger partial charge in [0.05, 0.1) is 5.02 Å². The van der Waals surface area contributed by atoms with Gasteiger partial charge in [0.2, 0.25) is 0 Å². The van der Waals surface area contributed by atoms with Crippen LogP contribution in [0.2, 0.25) is 5.02 Å². The summed E-state index contributed by atoms with van der Waals surface area (Å²) in [6.45, 7) is 7.66. The highest BCUT2D eigenvalue weighted by Gasteiger charge is 2.35. The summed E-state index contributed by atoms with van der Waals surface area (Å²) in [4.78, 5) is 2.30. The van der Waals surface area contributed by atoms with Gasteiger partial charge in [0.25, 0.3) is 0 Å². The predicted molar refractivity (Wildman–Crippen MR) is 86.7 cm³/mol. The molecule has 1 heterocycles. The van der Waals surface area contributed by atoms with E-state index in [1.54, 1.807) is 6.07 Å². The molecule has 1 atom stereocenters. The molecule has 0 saturated carbocycles. The third-order valence-corrected chi connectivity index (χ3v) is 4.23. The summed E-state index contributed by atoms with van der Waals surface area (Å²) in [5.74, 6) is -0.405. The Morgan fingerprint density at radius 1 is 1.38 bits per heavy atom. The van der Waals surface area contributed by atoms with E-state index >= 15 is 0 Å². The molecule has 1 aliphatic rings. The number of halogens is 3. The van der Waals surface area contributed by atoms with Crippen molar-refractivity contribution in [2.75, 3.05) is 32.8 Å². The lowest BCUT2D eigenvalue weighted by Gasteiger charge is -2.43. The quantitative estimate of drug-likeness (QED) is 0.887. The first-order chi connectivity index (χ1) is 9.45. The van der Waals surface area contributed by atoms with Crippen molar-refractivity contribution in [1.29, 1.82) is 0 Å². The van der Waals surface area contributed by atoms with E-state index in [2.05, 4.69) is 10.2 Å². The van der Waals surface area contributed by atoms with Crippen molar-refractivity contribution in [1.82, 2.24) is 10.2 Å². The second-order valence-corrected chi connectivity index (χ2v) is 6.42. The normalized spacial score (nSPS) is 18.1. The number of aliphatic hydroxyl groups is 1. The van der Waals surface area contributed by atoms with Gasteiger partial charge in [0.15, 0.2) is 0 Å². The fourth-order valence-corrected chi connectivity index (χ4v) is 2.98. The molecule has 1 aromatic rings. The van der Waals surface area contributed by atoms with Gasteiger partial charge in [-0.1, -0.05) is 31.5 Å². The molecule has 0 aromatic heterocycles. The molecule has 2 N–H and O–H groups in total. The topological polar surface area (TPSA) is 35.5 Å². The van der Waals surface area contributed by atoms with Crippen LogP contribution in [0.1, 0.15) is 25.5 Å². The van der Waals surface area contributed by atoms with Gasteiger partial charge < -0.3 is 10.4 Å². The summed E-state index contributed by atoms with van der Waals surface area (Å²) in [6.07, 6.45) is 0. The molecular weight excluding hydrogens is 314 g/mol. The van der Waals surface area contributed by atoms with E-state index in [9.17, 15) is 9.50 Å². The monoisotopic (exact) mass is 336 g/mol. The molecule has 21 heavy (non-hydrogen) atoms. The summed E-state index contributed by atoms with van der Waals surface area (Å²) < 4.78 is 13.8. The molecule has 3 nitrogen and oxygen atoms in total. The molecule has 1 saturated heterocycles. The minimum atomic E-state index is -0.405. The molecule has 120 valence electrons. The van der Waals surface area contributed by atoms with Gasteiger partial charge >= 0.3 is 0 Å². The van der Waals surface area contributed by atoms with Gasteiger partial charge in [0, 0.05) is 44.2 Å². The molecule has 6 heteroatoms. The maximum absolute atomic E-state index is 13.8. The second-order valence-electron chi connectivity index (χ2n) is 6.01. The van der Waals surface area contributed by atoms with E-state index in [1.165, 1.54) is 6.07 Å². The van der Waals surface area contributed by atoms with Crippen molar-refractivity contribution >= 4 is 24.0 Å². The smallest absolute Gasteiger partial charge is 0.142 e. The van der Waals surface area contributed by atoms with E-state index < -0.39 is 5.82 Å². The number of hydrogen-bond acceptors (Lipinski definition) is 3. The Hall–Kier alpha value is -0.390. The first kappa shape index (κ1) is 18.7. The van der Waals surface area contributed by atoms with Crippen molar-refractivity contribution in [3.8, 4) is 0 Å². The van der Waals surface area contributed by atoms with Crippen LogP contribution in [0.5, 0.6) is 0 Å². The highest BCUT2D eigenvalue weighted by molar-refractivity contribution is 6.30. The summed E-state index contributed by atoms with van der Waals surface area (Å²) in [5.41, 5.74) is 0.519. The highest BCUT2D eigenvalue weighted by Crippen LogP contribution is 2.39. The van der Waals surface area contributed by atoms with Crippen LogP contribution in [0, 0.1) is 11.2 Å². The van der Waals surface area contributed by atoms with Gasteiger partial charge in [-0.25, -0.2) is 4.39 Å². The third-order valence-electron chi connectivity index (χ3n) is 3.92. The Morgan fingerprint density at radius 3 is 2.52 bits per heavy atom. The fourth-order valence-electron chi connectivity index (χ4n) is 2.87. The average molecular weight is 337 g/mol. The van der Waals surface area contributed by atoms with Crippen molar-refractivity contribution in [2.45, 2.75) is 19.9 Å². The number of benzene rings is 1. The van der Waals surface area contributed by atoms with Gasteiger partial charge in [-0.2, -0.15) is 0 Å². The van der Waals surface area contributed by atoms with E-state index in [4.69, 9.17) is 11.6 Å². The lowest BCUT2D eigenvalue weighted by atomic mass is 9.79.